The fraction of sp³-hybridized carbons (Fsp3) is 1.00. The second kappa shape index (κ2) is 8.95. The van der Waals surface area contributed by atoms with Crippen molar-refractivity contribution in [2.24, 2.45) is 0 Å². The molecule has 0 aliphatic heterocycles. The van der Waals surface area contributed by atoms with E-state index in [1.54, 1.807) is 0 Å². The van der Waals surface area contributed by atoms with Gasteiger partial charge in [0.25, 0.3) is 0 Å². The molecule has 0 spiro atoms. The number of halogens is 2. The maximum atomic E-state index is 4.70. The second-order valence-corrected chi connectivity index (χ2v) is 1.68. The van der Waals surface area contributed by atoms with Crippen LogP contribution in [0, 0.1) is 0 Å². The van der Waals surface area contributed by atoms with Crippen LogP contribution in [-0.4, -0.2) is 0 Å². The van der Waals surface area contributed by atoms with E-state index in [1.807, 2.05) is 0 Å². The van der Waals surface area contributed by atoms with Gasteiger partial charge in [-0.05, 0) is 0 Å². The van der Waals surface area contributed by atoms with Crippen molar-refractivity contribution < 1.29 is 12.7 Å². The van der Waals surface area contributed by atoms with Gasteiger partial charge in [-0.2, -0.15) is 0 Å². The fourth-order valence-corrected chi connectivity index (χ4v) is 0. The van der Waals surface area contributed by atoms with E-state index in [-0.39, 0.29) is 7.43 Å². The normalized spacial score (nSPS) is 5.50. The van der Waals surface area contributed by atoms with Gasteiger partial charge in [-0.15, -0.1) is 0 Å². The molecule has 0 aromatic heterocycles. The minimum absolute atomic E-state index is 0. The summed E-state index contributed by atoms with van der Waals surface area (Å²) in [5.74, 6) is 0. The molecular formula is CH4Cl2Ni. The summed E-state index contributed by atoms with van der Waals surface area (Å²) >= 11 is 0.569. The summed E-state index contributed by atoms with van der Waals surface area (Å²) in [6.45, 7) is 0. The number of hydrogen-bond acceptors (Lipinski definition) is 0. The first-order valence-electron chi connectivity index (χ1n) is 0.239. The molecule has 0 fully saturated rings. The molecule has 0 aliphatic carbocycles. The Morgan fingerprint density at radius 3 is 1.25 bits per heavy atom. The second-order valence-electron chi connectivity index (χ2n) is 0.0452. The predicted octanol–water partition coefficient (Wildman–Crippen LogP) is 2.01. The van der Waals surface area contributed by atoms with Gasteiger partial charge >= 0.3 is 33.0 Å². The van der Waals surface area contributed by atoms with Gasteiger partial charge in [-0.1, -0.05) is 7.43 Å². The van der Waals surface area contributed by atoms with Crippen molar-refractivity contribution in [2.45, 2.75) is 7.43 Å². The molecule has 0 heterocycles. The van der Waals surface area contributed by atoms with Gasteiger partial charge in [0.1, 0.15) is 0 Å². The zero-order valence-corrected chi connectivity index (χ0v) is 3.57. The van der Waals surface area contributed by atoms with E-state index in [1.165, 1.54) is 0 Å². The molecule has 0 amide bonds. The Morgan fingerprint density at radius 2 is 1.25 bits per heavy atom. The molecule has 0 rings (SSSR count). The summed E-state index contributed by atoms with van der Waals surface area (Å²) in [6.07, 6.45) is 0. The van der Waals surface area contributed by atoms with Crippen molar-refractivity contribution in [1.82, 2.24) is 0 Å². The van der Waals surface area contributed by atoms with Crippen LogP contribution < -0.4 is 0 Å². The Kier molecular flexibility index (Phi) is 19.9. The molecule has 32 valence electrons. The zero-order chi connectivity index (χ0) is 2.71. The van der Waals surface area contributed by atoms with E-state index in [0.717, 1.165) is 0 Å². The standard InChI is InChI=1S/CH4.2ClH.Ni/h1H4;2*1H;/q;;;+2/p-2. The van der Waals surface area contributed by atoms with Gasteiger partial charge in [-0.3, -0.25) is 0 Å². The van der Waals surface area contributed by atoms with Crippen LogP contribution in [0.5, 0.6) is 0 Å². The van der Waals surface area contributed by atoms with E-state index in [4.69, 9.17) is 20.4 Å². The van der Waals surface area contributed by atoms with Crippen molar-refractivity contribution in [1.29, 1.82) is 0 Å². The van der Waals surface area contributed by atoms with Crippen molar-refractivity contribution >= 4 is 20.4 Å². The Morgan fingerprint density at radius 1 is 1.25 bits per heavy atom. The van der Waals surface area contributed by atoms with Gasteiger partial charge in [-0.25, -0.2) is 0 Å². The first-order valence-corrected chi connectivity index (χ1v) is 2.96. The Balaban J connectivity index is 0. The SMILES string of the molecule is C.[Cl][Ni][Cl]. The first kappa shape index (κ1) is 8.91. The maximum absolute atomic E-state index is 4.70. The van der Waals surface area contributed by atoms with Crippen molar-refractivity contribution in [3.8, 4) is 0 Å². The summed E-state index contributed by atoms with van der Waals surface area (Å²) in [5.41, 5.74) is 0. The number of rotatable bonds is 0. The molecule has 0 saturated carbocycles. The average molecular weight is 146 g/mol. The summed E-state index contributed by atoms with van der Waals surface area (Å²) in [7, 11) is 9.40. The van der Waals surface area contributed by atoms with Crippen LogP contribution in [0.15, 0.2) is 0 Å². The summed E-state index contributed by atoms with van der Waals surface area (Å²) < 4.78 is 0. The van der Waals surface area contributed by atoms with Gasteiger partial charge in [0.15, 0.2) is 0 Å². The van der Waals surface area contributed by atoms with Gasteiger partial charge in [0.2, 0.25) is 0 Å². The molecule has 0 atom stereocenters. The summed E-state index contributed by atoms with van der Waals surface area (Å²) in [5, 5.41) is 0. The minimum atomic E-state index is 0. The average Bonchev–Trinajstić information content (AvgIpc) is 0.918. The van der Waals surface area contributed by atoms with Crippen molar-refractivity contribution in [2.75, 3.05) is 0 Å². The molecular weight excluding hydrogens is 142 g/mol. The Labute approximate surface area is 40.8 Å². The molecule has 0 nitrogen and oxygen atoms in total. The van der Waals surface area contributed by atoms with Crippen LogP contribution in [0.25, 0.3) is 0 Å². The van der Waals surface area contributed by atoms with Crippen LogP contribution in [0.1, 0.15) is 7.43 Å². The predicted molar refractivity (Wildman–Crippen MR) is 18.4 cm³/mol. The van der Waals surface area contributed by atoms with E-state index in [2.05, 4.69) is 0 Å². The van der Waals surface area contributed by atoms with E-state index in [0.29, 0.717) is 12.7 Å². The van der Waals surface area contributed by atoms with Crippen LogP contribution in [0.2, 0.25) is 0 Å². The topological polar surface area (TPSA) is 0 Å². The Hall–Kier alpha value is 1.07. The molecule has 0 aromatic carbocycles. The zero-order valence-electron chi connectivity index (χ0n) is 1.07. The van der Waals surface area contributed by atoms with Crippen LogP contribution in [0.4, 0.5) is 0 Å². The molecule has 3 heteroatoms. The van der Waals surface area contributed by atoms with Gasteiger partial charge in [0.05, 0.1) is 0 Å². The monoisotopic (exact) mass is 144 g/mol. The van der Waals surface area contributed by atoms with Crippen molar-refractivity contribution in [3.63, 3.8) is 0 Å². The van der Waals surface area contributed by atoms with Gasteiger partial charge < -0.3 is 0 Å². The third-order valence-corrected chi connectivity index (χ3v) is 0. The fourth-order valence-electron chi connectivity index (χ4n) is 0. The number of hydrogen-bond donors (Lipinski definition) is 0. The summed E-state index contributed by atoms with van der Waals surface area (Å²) in [4.78, 5) is 0. The molecule has 0 aromatic rings. The third kappa shape index (κ3) is 11.5. The van der Waals surface area contributed by atoms with Crippen LogP contribution in [0.3, 0.4) is 0 Å². The molecule has 0 aliphatic rings. The van der Waals surface area contributed by atoms with E-state index >= 15 is 0 Å². The first-order chi connectivity index (χ1) is 1.41. The Bertz CT molecular complexity index is 6.00. The third-order valence-electron chi connectivity index (χ3n) is 0. The van der Waals surface area contributed by atoms with E-state index < -0.39 is 0 Å². The van der Waals surface area contributed by atoms with E-state index in [9.17, 15) is 0 Å². The molecule has 0 saturated heterocycles. The quantitative estimate of drug-likeness (QED) is 0.458. The molecule has 0 unspecified atom stereocenters. The molecule has 0 radical (unpaired) electrons. The molecule has 0 bridgehead atoms. The van der Waals surface area contributed by atoms with Crippen LogP contribution >= 0.6 is 20.4 Å². The van der Waals surface area contributed by atoms with Gasteiger partial charge in [0, 0.05) is 0 Å². The van der Waals surface area contributed by atoms with Crippen molar-refractivity contribution in [3.05, 3.63) is 0 Å². The molecule has 4 heavy (non-hydrogen) atoms. The summed E-state index contributed by atoms with van der Waals surface area (Å²) in [6, 6.07) is 0. The van der Waals surface area contributed by atoms with Crippen LogP contribution in [-0.2, 0) is 12.7 Å². The molecule has 0 N–H and O–H groups in total.